The third-order valence-electron chi connectivity index (χ3n) is 5.01. The van der Waals surface area contributed by atoms with Crippen LogP contribution in [-0.4, -0.2) is 40.3 Å². The van der Waals surface area contributed by atoms with Crippen molar-refractivity contribution in [3.63, 3.8) is 0 Å². The number of anilines is 1. The fourth-order valence-corrected chi connectivity index (χ4v) is 5.91. The van der Waals surface area contributed by atoms with E-state index in [0.717, 1.165) is 5.56 Å². The molecule has 1 aromatic carbocycles. The summed E-state index contributed by atoms with van der Waals surface area (Å²) in [4.78, 5) is 13.2. The van der Waals surface area contributed by atoms with Crippen LogP contribution in [0.25, 0.3) is 0 Å². The van der Waals surface area contributed by atoms with E-state index < -0.39 is 9.84 Å². The van der Waals surface area contributed by atoms with Crippen molar-refractivity contribution in [3.05, 3.63) is 28.3 Å². The van der Waals surface area contributed by atoms with Crippen LogP contribution >= 0.6 is 0 Å². The summed E-state index contributed by atoms with van der Waals surface area (Å²) in [5, 5.41) is 13.9. The quantitative estimate of drug-likeness (QED) is 0.877. The van der Waals surface area contributed by atoms with Gasteiger partial charge in [-0.25, -0.2) is 13.1 Å². The van der Waals surface area contributed by atoms with Gasteiger partial charge in [0.2, 0.25) is 5.95 Å². The number of rotatable bonds is 3. The van der Waals surface area contributed by atoms with Gasteiger partial charge in [-0.3, -0.25) is 10.1 Å². The minimum absolute atomic E-state index is 0.129. The maximum absolute atomic E-state index is 12.8. The Labute approximate surface area is 152 Å². The third kappa shape index (κ3) is 2.90. The second-order valence-electron chi connectivity index (χ2n) is 7.30. The fourth-order valence-electron chi connectivity index (χ4n) is 3.64. The summed E-state index contributed by atoms with van der Waals surface area (Å²) in [7, 11) is -3.34. The third-order valence-corrected chi connectivity index (χ3v) is 6.90. The number of fused-ring (bicyclic) bond motifs is 1. The highest BCUT2D eigenvalue weighted by molar-refractivity contribution is 7.91. The molecule has 0 aliphatic carbocycles. The Balaban J connectivity index is 2.13. The first-order valence-corrected chi connectivity index (χ1v) is 10.2. The minimum Gasteiger partial charge on any atom is -0.289 e. The number of carbonyl (C=O) groups is 1. The molecule has 0 saturated heterocycles. The second kappa shape index (κ2) is 6.15. The lowest BCUT2D eigenvalue weighted by Gasteiger charge is -2.35. The Morgan fingerprint density at radius 3 is 2.69 bits per heavy atom. The SMILES string of the molecule is CCn1nnnc1NC(=O)c1cc(C)c2c(c1C)C(C)(C)CCS2(=O)=O. The molecular formula is C17H23N5O3S. The normalized spacial score (nSPS) is 17.6. The van der Waals surface area contributed by atoms with Gasteiger partial charge in [0.05, 0.1) is 10.6 Å². The van der Waals surface area contributed by atoms with Crippen LogP contribution in [0, 0.1) is 13.8 Å². The molecule has 26 heavy (non-hydrogen) atoms. The van der Waals surface area contributed by atoms with Gasteiger partial charge in [-0.15, -0.1) is 0 Å². The van der Waals surface area contributed by atoms with Gasteiger partial charge in [0.1, 0.15) is 0 Å². The molecule has 9 heteroatoms. The molecule has 0 saturated carbocycles. The molecule has 0 bridgehead atoms. The summed E-state index contributed by atoms with van der Waals surface area (Å²) in [6.45, 7) is 9.98. The van der Waals surface area contributed by atoms with Crippen molar-refractivity contribution in [2.75, 3.05) is 11.1 Å². The zero-order valence-corrected chi connectivity index (χ0v) is 16.4. The van der Waals surface area contributed by atoms with Gasteiger partial charge in [-0.05, 0) is 65.8 Å². The monoisotopic (exact) mass is 377 g/mol. The topological polar surface area (TPSA) is 107 Å². The highest BCUT2D eigenvalue weighted by Gasteiger charge is 2.39. The Hall–Kier alpha value is -2.29. The molecule has 8 nitrogen and oxygen atoms in total. The number of amides is 1. The standard InChI is InChI=1S/C17H23N5O3S/c1-6-22-16(19-20-21-22)18-15(23)12-9-10(2)14-13(11(12)3)17(4,5)7-8-26(14,24)25/h9H,6-8H2,1-5H3,(H,18,19,21,23). The van der Waals surface area contributed by atoms with Gasteiger partial charge < -0.3 is 0 Å². The number of aryl methyl sites for hydroxylation is 2. The predicted molar refractivity (Wildman–Crippen MR) is 97.1 cm³/mol. The summed E-state index contributed by atoms with van der Waals surface area (Å²) in [6.07, 6.45) is 0.530. The van der Waals surface area contributed by atoms with Gasteiger partial charge >= 0.3 is 0 Å². The molecule has 1 aliphatic rings. The summed E-state index contributed by atoms with van der Waals surface area (Å²) in [5.41, 5.74) is 2.14. The molecule has 0 radical (unpaired) electrons. The zero-order chi connectivity index (χ0) is 19.3. The van der Waals surface area contributed by atoms with E-state index in [1.807, 2.05) is 20.8 Å². The lowest BCUT2D eigenvalue weighted by molar-refractivity contribution is 0.102. The molecule has 0 unspecified atom stereocenters. The first-order chi connectivity index (χ1) is 12.1. The molecule has 140 valence electrons. The second-order valence-corrected chi connectivity index (χ2v) is 9.34. The first-order valence-electron chi connectivity index (χ1n) is 8.53. The first kappa shape index (κ1) is 18.5. The molecular weight excluding hydrogens is 354 g/mol. The highest BCUT2D eigenvalue weighted by Crippen LogP contribution is 2.42. The fraction of sp³-hybridized carbons (Fsp3) is 0.529. The van der Waals surface area contributed by atoms with Crippen molar-refractivity contribution >= 4 is 21.7 Å². The number of carbonyl (C=O) groups excluding carboxylic acids is 1. The molecule has 1 aliphatic heterocycles. The Kier molecular flexibility index (Phi) is 4.38. The number of hydrogen-bond acceptors (Lipinski definition) is 6. The van der Waals surface area contributed by atoms with Crippen LogP contribution in [0.4, 0.5) is 5.95 Å². The van der Waals surface area contributed by atoms with Gasteiger partial charge in [0.15, 0.2) is 9.84 Å². The zero-order valence-electron chi connectivity index (χ0n) is 15.6. The highest BCUT2D eigenvalue weighted by atomic mass is 32.2. The number of hydrogen-bond donors (Lipinski definition) is 1. The van der Waals surface area contributed by atoms with Crippen LogP contribution in [0.3, 0.4) is 0 Å². The van der Waals surface area contributed by atoms with Crippen LogP contribution in [0.15, 0.2) is 11.0 Å². The summed E-state index contributed by atoms with van der Waals surface area (Å²) in [5.74, 6) is 0.0419. The largest absolute Gasteiger partial charge is 0.289 e. The Morgan fingerprint density at radius 1 is 1.35 bits per heavy atom. The average Bonchev–Trinajstić information content (AvgIpc) is 3.00. The van der Waals surface area contributed by atoms with Crippen molar-refractivity contribution in [2.45, 2.75) is 57.9 Å². The molecule has 1 amide bonds. The van der Waals surface area contributed by atoms with E-state index in [-0.39, 0.29) is 23.0 Å². The van der Waals surface area contributed by atoms with Gasteiger partial charge in [0, 0.05) is 12.1 Å². The predicted octanol–water partition coefficient (Wildman–Crippen LogP) is 2.02. The number of aromatic nitrogens is 4. The van der Waals surface area contributed by atoms with E-state index in [1.165, 1.54) is 4.68 Å². The van der Waals surface area contributed by atoms with Crippen molar-refractivity contribution in [3.8, 4) is 0 Å². The molecule has 2 aromatic rings. The van der Waals surface area contributed by atoms with E-state index in [4.69, 9.17) is 0 Å². The van der Waals surface area contributed by atoms with Gasteiger partial charge in [-0.2, -0.15) is 0 Å². The number of benzene rings is 1. The maximum atomic E-state index is 12.8. The van der Waals surface area contributed by atoms with Crippen LogP contribution in [0.1, 0.15) is 54.2 Å². The molecule has 3 rings (SSSR count). The minimum atomic E-state index is -3.34. The number of sulfone groups is 1. The summed E-state index contributed by atoms with van der Waals surface area (Å²) >= 11 is 0. The van der Waals surface area contributed by atoms with E-state index >= 15 is 0 Å². The van der Waals surface area contributed by atoms with Crippen LogP contribution in [0.5, 0.6) is 0 Å². The van der Waals surface area contributed by atoms with Crippen LogP contribution in [0.2, 0.25) is 0 Å². The van der Waals surface area contributed by atoms with E-state index in [1.54, 1.807) is 19.9 Å². The maximum Gasteiger partial charge on any atom is 0.258 e. The summed E-state index contributed by atoms with van der Waals surface area (Å²) < 4.78 is 26.7. The molecule has 2 heterocycles. The molecule has 0 fully saturated rings. The van der Waals surface area contributed by atoms with Crippen LogP contribution < -0.4 is 5.32 Å². The lowest BCUT2D eigenvalue weighted by atomic mass is 9.77. The van der Waals surface area contributed by atoms with E-state index in [0.29, 0.717) is 34.6 Å². The average molecular weight is 377 g/mol. The lowest BCUT2D eigenvalue weighted by Crippen LogP contribution is -2.33. The Bertz CT molecular complexity index is 992. The molecule has 1 aromatic heterocycles. The van der Waals surface area contributed by atoms with Gasteiger partial charge in [0.25, 0.3) is 5.91 Å². The van der Waals surface area contributed by atoms with Crippen molar-refractivity contribution in [2.24, 2.45) is 0 Å². The molecule has 0 atom stereocenters. The number of nitrogens with one attached hydrogen (secondary N) is 1. The Morgan fingerprint density at radius 2 is 2.04 bits per heavy atom. The number of nitrogens with zero attached hydrogens (tertiary/aromatic N) is 4. The molecule has 1 N–H and O–H groups in total. The molecule has 0 spiro atoms. The van der Waals surface area contributed by atoms with Crippen molar-refractivity contribution in [1.82, 2.24) is 20.2 Å². The van der Waals surface area contributed by atoms with Crippen molar-refractivity contribution < 1.29 is 13.2 Å². The van der Waals surface area contributed by atoms with E-state index in [9.17, 15) is 13.2 Å². The van der Waals surface area contributed by atoms with E-state index in [2.05, 4.69) is 20.8 Å². The number of tetrazole rings is 1. The van der Waals surface area contributed by atoms with Crippen LogP contribution in [-0.2, 0) is 21.8 Å². The summed E-state index contributed by atoms with van der Waals surface area (Å²) in [6, 6.07) is 1.64. The van der Waals surface area contributed by atoms with Crippen molar-refractivity contribution in [1.29, 1.82) is 0 Å². The van der Waals surface area contributed by atoms with Gasteiger partial charge in [-0.1, -0.05) is 18.9 Å². The smallest absolute Gasteiger partial charge is 0.258 e.